The van der Waals surface area contributed by atoms with E-state index in [4.69, 9.17) is 13.9 Å². The zero-order valence-corrected chi connectivity index (χ0v) is 15.9. The van der Waals surface area contributed by atoms with E-state index >= 15 is 0 Å². The summed E-state index contributed by atoms with van der Waals surface area (Å²) >= 11 is 0. The van der Waals surface area contributed by atoms with Crippen molar-refractivity contribution < 1.29 is 23.5 Å². The highest BCUT2D eigenvalue weighted by Gasteiger charge is 2.33. The summed E-state index contributed by atoms with van der Waals surface area (Å²) in [6.07, 6.45) is 0.138. The maximum atomic E-state index is 12.7. The predicted molar refractivity (Wildman–Crippen MR) is 108 cm³/mol. The Bertz CT molecular complexity index is 1220. The van der Waals surface area contributed by atoms with Gasteiger partial charge in [-0.1, -0.05) is 18.2 Å². The van der Waals surface area contributed by atoms with Crippen LogP contribution in [0.3, 0.4) is 0 Å². The van der Waals surface area contributed by atoms with E-state index < -0.39 is 17.6 Å². The van der Waals surface area contributed by atoms with Crippen LogP contribution in [0.1, 0.15) is 16.8 Å². The Labute approximate surface area is 171 Å². The first-order chi connectivity index (χ1) is 14.6. The fraction of sp³-hybridized carbons (Fsp3) is 0.227. The normalized spacial score (nSPS) is 17.9. The molecule has 8 nitrogen and oxygen atoms in total. The van der Waals surface area contributed by atoms with Crippen molar-refractivity contribution in [2.24, 2.45) is 0 Å². The summed E-state index contributed by atoms with van der Waals surface area (Å²) in [6.45, 7) is 1.24. The fourth-order valence-electron chi connectivity index (χ4n) is 3.74. The predicted octanol–water partition coefficient (Wildman–Crippen LogP) is 2.10. The number of carbonyl (C=O) groups is 2. The number of anilines is 1. The molecule has 0 aliphatic carbocycles. The smallest absolute Gasteiger partial charge is 0.349 e. The van der Waals surface area contributed by atoms with Crippen LogP contribution in [0.15, 0.2) is 57.7 Å². The molecule has 30 heavy (non-hydrogen) atoms. The van der Waals surface area contributed by atoms with E-state index in [1.54, 1.807) is 47.4 Å². The van der Waals surface area contributed by atoms with Crippen molar-refractivity contribution in [3.05, 3.63) is 64.5 Å². The van der Waals surface area contributed by atoms with Gasteiger partial charge in [-0.05, 0) is 24.3 Å². The maximum Gasteiger partial charge on any atom is 0.349 e. The fourth-order valence-corrected chi connectivity index (χ4v) is 3.74. The van der Waals surface area contributed by atoms with Crippen LogP contribution in [0.25, 0.3) is 11.0 Å². The van der Waals surface area contributed by atoms with E-state index in [2.05, 4.69) is 5.32 Å². The molecule has 1 aromatic heterocycles. The Morgan fingerprint density at radius 3 is 2.67 bits per heavy atom. The van der Waals surface area contributed by atoms with Crippen LogP contribution in [0.2, 0.25) is 0 Å². The molecule has 1 atom stereocenters. The molecule has 3 heterocycles. The second-order valence-electron chi connectivity index (χ2n) is 7.19. The average Bonchev–Trinajstić information content (AvgIpc) is 3.12. The number of benzene rings is 2. The molecule has 0 spiro atoms. The Morgan fingerprint density at radius 1 is 1.00 bits per heavy atom. The van der Waals surface area contributed by atoms with Gasteiger partial charge in [0.05, 0.1) is 6.04 Å². The summed E-state index contributed by atoms with van der Waals surface area (Å²) in [5.41, 5.74) is 0.296. The highest BCUT2D eigenvalue weighted by molar-refractivity contribution is 6.00. The van der Waals surface area contributed by atoms with Gasteiger partial charge in [0.1, 0.15) is 24.4 Å². The lowest BCUT2D eigenvalue weighted by Crippen LogP contribution is -2.39. The number of fused-ring (bicyclic) bond motifs is 2. The summed E-state index contributed by atoms with van der Waals surface area (Å²) in [6, 6.07) is 13.4. The molecule has 2 aromatic carbocycles. The molecule has 0 radical (unpaired) electrons. The zero-order valence-electron chi connectivity index (χ0n) is 15.9. The summed E-state index contributed by atoms with van der Waals surface area (Å²) in [4.78, 5) is 39.0. The Balaban J connectivity index is 1.33. The van der Waals surface area contributed by atoms with Crippen molar-refractivity contribution in [1.82, 2.24) is 5.32 Å². The molecular formula is C22H18N2O6. The second kappa shape index (κ2) is 7.22. The largest absolute Gasteiger partial charge is 0.486 e. The Hall–Kier alpha value is -3.81. The van der Waals surface area contributed by atoms with Gasteiger partial charge in [-0.3, -0.25) is 9.59 Å². The lowest BCUT2D eigenvalue weighted by molar-refractivity contribution is -0.117. The number of amides is 2. The van der Waals surface area contributed by atoms with Crippen molar-refractivity contribution >= 4 is 28.5 Å². The summed E-state index contributed by atoms with van der Waals surface area (Å²) in [7, 11) is 0. The van der Waals surface area contributed by atoms with Crippen molar-refractivity contribution in [2.45, 2.75) is 12.5 Å². The molecule has 8 heteroatoms. The number of nitrogens with one attached hydrogen (secondary N) is 1. The van der Waals surface area contributed by atoms with E-state index in [-0.39, 0.29) is 17.9 Å². The van der Waals surface area contributed by atoms with Gasteiger partial charge < -0.3 is 24.1 Å². The van der Waals surface area contributed by atoms with Crippen molar-refractivity contribution in [2.75, 3.05) is 24.7 Å². The molecular weight excluding hydrogens is 388 g/mol. The third-order valence-corrected chi connectivity index (χ3v) is 5.18. The Morgan fingerprint density at radius 2 is 1.80 bits per heavy atom. The molecule has 5 rings (SSSR count). The molecule has 0 saturated carbocycles. The highest BCUT2D eigenvalue weighted by atomic mass is 16.6. The standard InChI is InChI=1S/C22H18N2O6/c25-20-10-14(12-24(20)15-5-6-18-19(11-15)29-8-7-28-18)23-21(26)16-9-13-3-1-2-4-17(13)30-22(16)27/h1-6,9,11,14H,7-8,10,12H2,(H,23,26)/t14-/m0/s1. The first-order valence-electron chi connectivity index (χ1n) is 9.62. The lowest BCUT2D eigenvalue weighted by atomic mass is 10.1. The van der Waals surface area contributed by atoms with Crippen LogP contribution in [0.5, 0.6) is 11.5 Å². The molecule has 0 unspecified atom stereocenters. The monoisotopic (exact) mass is 406 g/mol. The first kappa shape index (κ1) is 18.2. The first-order valence-corrected chi connectivity index (χ1v) is 9.62. The molecule has 1 N–H and O–H groups in total. The number of nitrogens with zero attached hydrogens (tertiary/aromatic N) is 1. The van der Waals surface area contributed by atoms with Crippen LogP contribution in [-0.2, 0) is 4.79 Å². The van der Waals surface area contributed by atoms with Gasteiger partial charge in [-0.15, -0.1) is 0 Å². The molecule has 2 aliphatic rings. The van der Waals surface area contributed by atoms with Crippen molar-refractivity contribution in [3.8, 4) is 11.5 Å². The zero-order chi connectivity index (χ0) is 20.7. The van der Waals surface area contributed by atoms with Crippen LogP contribution in [0.4, 0.5) is 5.69 Å². The van der Waals surface area contributed by atoms with Crippen LogP contribution in [-0.4, -0.2) is 37.6 Å². The summed E-state index contributed by atoms with van der Waals surface area (Å²) < 4.78 is 16.3. The van der Waals surface area contributed by atoms with E-state index in [1.165, 1.54) is 6.07 Å². The molecule has 0 bridgehead atoms. The maximum absolute atomic E-state index is 12.7. The van der Waals surface area contributed by atoms with E-state index in [1.807, 2.05) is 0 Å². The van der Waals surface area contributed by atoms with E-state index in [9.17, 15) is 14.4 Å². The third-order valence-electron chi connectivity index (χ3n) is 5.18. The van der Waals surface area contributed by atoms with Crippen LogP contribution in [0, 0.1) is 0 Å². The minimum atomic E-state index is -0.709. The van der Waals surface area contributed by atoms with Crippen molar-refractivity contribution in [3.63, 3.8) is 0 Å². The summed E-state index contributed by atoms with van der Waals surface area (Å²) in [5.74, 6) is 0.552. The second-order valence-corrected chi connectivity index (χ2v) is 7.19. The number of rotatable bonds is 3. The van der Waals surface area contributed by atoms with Gasteiger partial charge in [0, 0.05) is 30.1 Å². The van der Waals surface area contributed by atoms with Gasteiger partial charge in [0.25, 0.3) is 5.91 Å². The molecule has 3 aromatic rings. The van der Waals surface area contributed by atoms with Gasteiger partial charge in [0.2, 0.25) is 5.91 Å². The summed E-state index contributed by atoms with van der Waals surface area (Å²) in [5, 5.41) is 3.43. The highest BCUT2D eigenvalue weighted by Crippen LogP contribution is 2.35. The number of para-hydroxylation sites is 1. The molecule has 1 fully saturated rings. The molecule has 2 amide bonds. The van der Waals surface area contributed by atoms with Crippen LogP contribution >= 0.6 is 0 Å². The van der Waals surface area contributed by atoms with E-state index in [0.29, 0.717) is 47.9 Å². The van der Waals surface area contributed by atoms with Gasteiger partial charge in [-0.25, -0.2) is 4.79 Å². The lowest BCUT2D eigenvalue weighted by Gasteiger charge is -2.22. The molecule has 152 valence electrons. The number of carbonyl (C=O) groups excluding carboxylic acids is 2. The minimum Gasteiger partial charge on any atom is -0.486 e. The number of hydrogen-bond donors (Lipinski definition) is 1. The van der Waals surface area contributed by atoms with E-state index in [0.717, 1.165) is 0 Å². The topological polar surface area (TPSA) is 98.1 Å². The quantitative estimate of drug-likeness (QED) is 0.669. The number of ether oxygens (including phenoxy) is 2. The van der Waals surface area contributed by atoms with Gasteiger partial charge in [0.15, 0.2) is 11.5 Å². The number of hydrogen-bond acceptors (Lipinski definition) is 6. The van der Waals surface area contributed by atoms with Gasteiger partial charge in [-0.2, -0.15) is 0 Å². The third kappa shape index (κ3) is 3.26. The SMILES string of the molecule is O=C(N[C@H]1CC(=O)N(c2ccc3c(c2)OCCO3)C1)c1cc2ccccc2oc1=O. The van der Waals surface area contributed by atoms with Gasteiger partial charge >= 0.3 is 5.63 Å². The van der Waals surface area contributed by atoms with Crippen LogP contribution < -0.4 is 25.3 Å². The molecule has 2 aliphatic heterocycles. The van der Waals surface area contributed by atoms with Crippen molar-refractivity contribution in [1.29, 1.82) is 0 Å². The minimum absolute atomic E-state index is 0.0843. The molecule has 1 saturated heterocycles. The average molecular weight is 406 g/mol. The Kier molecular flexibility index (Phi) is 4.39.